The van der Waals surface area contributed by atoms with E-state index in [0.29, 0.717) is 13.1 Å². The van der Waals surface area contributed by atoms with Crippen LogP contribution in [0.25, 0.3) is 11.4 Å². The second kappa shape index (κ2) is 10.5. The number of nitrogens with one attached hydrogen (secondary N) is 3. The van der Waals surface area contributed by atoms with Gasteiger partial charge in [0.15, 0.2) is 11.8 Å². The summed E-state index contributed by atoms with van der Waals surface area (Å²) < 4.78 is 5.37. The number of halogens is 1. The molecular formula is C19H23IN6O. The molecule has 0 unspecified atom stereocenters. The predicted molar refractivity (Wildman–Crippen MR) is 117 cm³/mol. The summed E-state index contributed by atoms with van der Waals surface area (Å²) in [6, 6.07) is 16.0. The number of aromatic amines is 1. The van der Waals surface area contributed by atoms with Crippen molar-refractivity contribution in [3.05, 3.63) is 66.0 Å². The van der Waals surface area contributed by atoms with Gasteiger partial charge in [-0.25, -0.2) is 4.98 Å². The monoisotopic (exact) mass is 478 g/mol. The molecule has 7 nitrogen and oxygen atoms in total. The zero-order valence-corrected chi connectivity index (χ0v) is 17.6. The van der Waals surface area contributed by atoms with E-state index in [1.54, 1.807) is 14.2 Å². The lowest BCUT2D eigenvalue weighted by Crippen LogP contribution is -2.36. The molecule has 3 aromatic rings. The van der Waals surface area contributed by atoms with E-state index in [2.05, 4.69) is 42.9 Å². The maximum atomic E-state index is 5.37. The number of para-hydroxylation sites is 1. The van der Waals surface area contributed by atoms with Crippen molar-refractivity contribution in [1.29, 1.82) is 0 Å². The molecule has 0 spiro atoms. The molecule has 1 aromatic heterocycles. The summed E-state index contributed by atoms with van der Waals surface area (Å²) in [4.78, 5) is 8.45. The number of nitrogens with zero attached hydrogens (tertiary/aromatic N) is 3. The van der Waals surface area contributed by atoms with E-state index < -0.39 is 0 Å². The molecule has 2 aromatic carbocycles. The number of methoxy groups -OCH3 is 1. The normalized spacial score (nSPS) is 10.8. The molecule has 0 atom stereocenters. The van der Waals surface area contributed by atoms with E-state index >= 15 is 0 Å². The molecule has 3 rings (SSSR count). The first-order valence-electron chi connectivity index (χ1n) is 8.31. The third kappa shape index (κ3) is 5.68. The Morgan fingerprint density at radius 1 is 1.11 bits per heavy atom. The number of rotatable bonds is 6. The molecule has 0 aliphatic rings. The average molecular weight is 478 g/mol. The smallest absolute Gasteiger partial charge is 0.191 e. The highest BCUT2D eigenvalue weighted by molar-refractivity contribution is 14.0. The van der Waals surface area contributed by atoms with Crippen LogP contribution in [0.2, 0.25) is 0 Å². The van der Waals surface area contributed by atoms with Crippen molar-refractivity contribution < 1.29 is 4.74 Å². The molecule has 0 bridgehead atoms. The molecular weight excluding hydrogens is 455 g/mol. The Labute approximate surface area is 175 Å². The molecule has 0 saturated heterocycles. The predicted octanol–water partition coefficient (Wildman–Crippen LogP) is 2.96. The third-order valence-corrected chi connectivity index (χ3v) is 3.94. The van der Waals surface area contributed by atoms with E-state index in [4.69, 9.17) is 4.74 Å². The molecule has 27 heavy (non-hydrogen) atoms. The highest BCUT2D eigenvalue weighted by atomic mass is 127. The maximum Gasteiger partial charge on any atom is 0.191 e. The summed E-state index contributed by atoms with van der Waals surface area (Å²) in [5.74, 6) is 2.33. The van der Waals surface area contributed by atoms with Gasteiger partial charge in [0.1, 0.15) is 12.1 Å². The van der Waals surface area contributed by atoms with Crippen LogP contribution >= 0.6 is 24.0 Å². The Morgan fingerprint density at radius 3 is 2.67 bits per heavy atom. The molecule has 0 aliphatic heterocycles. The minimum atomic E-state index is 0. The zero-order valence-electron chi connectivity index (χ0n) is 15.3. The summed E-state index contributed by atoms with van der Waals surface area (Å²) in [5.41, 5.74) is 3.20. The third-order valence-electron chi connectivity index (χ3n) is 3.94. The van der Waals surface area contributed by atoms with Crippen LogP contribution in [0.1, 0.15) is 11.1 Å². The molecule has 0 amide bonds. The molecule has 142 valence electrons. The van der Waals surface area contributed by atoms with Crippen molar-refractivity contribution in [2.75, 3.05) is 14.2 Å². The van der Waals surface area contributed by atoms with Crippen LogP contribution in [0.4, 0.5) is 0 Å². The number of aromatic nitrogens is 3. The van der Waals surface area contributed by atoms with Gasteiger partial charge in [0.2, 0.25) is 0 Å². The van der Waals surface area contributed by atoms with Crippen molar-refractivity contribution in [3.8, 4) is 17.1 Å². The Morgan fingerprint density at radius 2 is 1.93 bits per heavy atom. The number of guanidine groups is 1. The van der Waals surface area contributed by atoms with E-state index in [1.807, 2.05) is 36.4 Å². The van der Waals surface area contributed by atoms with Crippen LogP contribution in [0.5, 0.6) is 5.75 Å². The van der Waals surface area contributed by atoms with E-state index in [0.717, 1.165) is 34.2 Å². The number of hydrogen-bond acceptors (Lipinski definition) is 4. The number of benzene rings is 2. The standard InChI is InChI=1S/C19H22N6O.HI/c1-20-19(22-12-16-7-3-4-9-17(16)26-2)21-11-14-6-5-8-15(10-14)18-23-13-24-25-18;/h3-10,13H,11-12H2,1-2H3,(H2,20,21,22)(H,23,24,25);1H. The first-order chi connectivity index (χ1) is 12.8. The highest BCUT2D eigenvalue weighted by Gasteiger charge is 2.05. The van der Waals surface area contributed by atoms with Gasteiger partial charge in [-0.3, -0.25) is 10.1 Å². The minimum Gasteiger partial charge on any atom is -0.496 e. The van der Waals surface area contributed by atoms with Crippen molar-refractivity contribution in [3.63, 3.8) is 0 Å². The molecule has 1 heterocycles. The summed E-state index contributed by atoms with van der Waals surface area (Å²) in [5, 5.41) is 13.4. The number of aliphatic imine (C=N–C) groups is 1. The fourth-order valence-corrected chi connectivity index (χ4v) is 2.61. The first kappa shape index (κ1) is 20.7. The largest absolute Gasteiger partial charge is 0.496 e. The van der Waals surface area contributed by atoms with Gasteiger partial charge in [-0.05, 0) is 17.7 Å². The molecule has 3 N–H and O–H groups in total. The first-order valence-corrected chi connectivity index (χ1v) is 8.31. The van der Waals surface area contributed by atoms with Gasteiger partial charge in [-0.2, -0.15) is 5.10 Å². The Kier molecular flexibility index (Phi) is 8.05. The zero-order chi connectivity index (χ0) is 18.2. The number of ether oxygens (including phenoxy) is 1. The van der Waals surface area contributed by atoms with E-state index in [9.17, 15) is 0 Å². The highest BCUT2D eigenvalue weighted by Crippen LogP contribution is 2.17. The number of hydrogen-bond donors (Lipinski definition) is 3. The van der Waals surface area contributed by atoms with Crippen molar-refractivity contribution in [2.45, 2.75) is 13.1 Å². The average Bonchev–Trinajstić information content (AvgIpc) is 3.23. The molecule has 0 aliphatic carbocycles. The Hall–Kier alpha value is -2.62. The van der Waals surface area contributed by atoms with Crippen LogP contribution in [0.3, 0.4) is 0 Å². The van der Waals surface area contributed by atoms with Crippen LogP contribution in [0, 0.1) is 0 Å². The Balaban J connectivity index is 0.00000261. The summed E-state index contributed by atoms with van der Waals surface area (Å²) in [7, 11) is 3.43. The van der Waals surface area contributed by atoms with Crippen LogP contribution in [-0.2, 0) is 13.1 Å². The lowest BCUT2D eigenvalue weighted by Gasteiger charge is -2.14. The second-order valence-electron chi connectivity index (χ2n) is 5.63. The molecule has 0 radical (unpaired) electrons. The van der Waals surface area contributed by atoms with Gasteiger partial charge in [-0.15, -0.1) is 24.0 Å². The van der Waals surface area contributed by atoms with Crippen molar-refractivity contribution >= 4 is 29.9 Å². The lowest BCUT2D eigenvalue weighted by atomic mass is 10.1. The van der Waals surface area contributed by atoms with Gasteiger partial charge in [0, 0.05) is 31.3 Å². The van der Waals surface area contributed by atoms with Gasteiger partial charge in [-0.1, -0.05) is 36.4 Å². The Bertz CT molecular complexity index is 866. The quantitative estimate of drug-likeness (QED) is 0.288. The molecule has 0 saturated carbocycles. The van der Waals surface area contributed by atoms with Crippen LogP contribution < -0.4 is 15.4 Å². The summed E-state index contributed by atoms with van der Waals surface area (Å²) in [6.45, 7) is 1.27. The number of H-pyrrole nitrogens is 1. The SMILES string of the molecule is CN=C(NCc1cccc(-c2ncn[nH]2)c1)NCc1ccccc1OC.I. The van der Waals surface area contributed by atoms with Gasteiger partial charge in [0.25, 0.3) is 0 Å². The van der Waals surface area contributed by atoms with Gasteiger partial charge >= 0.3 is 0 Å². The summed E-state index contributed by atoms with van der Waals surface area (Å²) >= 11 is 0. The van der Waals surface area contributed by atoms with E-state index in [1.165, 1.54) is 6.33 Å². The topological polar surface area (TPSA) is 87.2 Å². The maximum absolute atomic E-state index is 5.37. The van der Waals surface area contributed by atoms with Gasteiger partial charge < -0.3 is 15.4 Å². The van der Waals surface area contributed by atoms with Crippen molar-refractivity contribution in [1.82, 2.24) is 25.8 Å². The summed E-state index contributed by atoms with van der Waals surface area (Å²) in [6.07, 6.45) is 1.50. The van der Waals surface area contributed by atoms with E-state index in [-0.39, 0.29) is 24.0 Å². The second-order valence-corrected chi connectivity index (χ2v) is 5.63. The van der Waals surface area contributed by atoms with Gasteiger partial charge in [0.05, 0.1) is 7.11 Å². The minimum absolute atomic E-state index is 0. The van der Waals surface area contributed by atoms with Crippen molar-refractivity contribution in [2.24, 2.45) is 4.99 Å². The molecule has 8 heteroatoms. The fourth-order valence-electron chi connectivity index (χ4n) is 2.61. The van der Waals surface area contributed by atoms with Crippen LogP contribution in [0.15, 0.2) is 59.9 Å². The lowest BCUT2D eigenvalue weighted by molar-refractivity contribution is 0.409. The van der Waals surface area contributed by atoms with Crippen LogP contribution in [-0.4, -0.2) is 35.3 Å². The molecule has 0 fully saturated rings. The fraction of sp³-hybridized carbons (Fsp3) is 0.211.